The molecule has 3 rings (SSSR count). The van der Waals surface area contributed by atoms with Crippen molar-refractivity contribution in [2.45, 2.75) is 39.9 Å². The average Bonchev–Trinajstić information content (AvgIpc) is 2.70. The highest BCUT2D eigenvalue weighted by Crippen LogP contribution is 2.28. The normalized spacial score (nSPS) is 19.1. The summed E-state index contributed by atoms with van der Waals surface area (Å²) in [7, 11) is 0. The van der Waals surface area contributed by atoms with Gasteiger partial charge < -0.3 is 4.57 Å². The van der Waals surface area contributed by atoms with Crippen molar-refractivity contribution < 1.29 is 0 Å². The van der Waals surface area contributed by atoms with Crippen molar-refractivity contribution >= 4 is 22.6 Å². The molecule has 1 aliphatic heterocycles. The van der Waals surface area contributed by atoms with E-state index in [0.717, 1.165) is 30.2 Å². The van der Waals surface area contributed by atoms with Crippen molar-refractivity contribution in [1.29, 1.82) is 0 Å². The molecular weight excluding hydrogens is 270 g/mol. The van der Waals surface area contributed by atoms with E-state index in [1.165, 1.54) is 16.7 Å². The van der Waals surface area contributed by atoms with Gasteiger partial charge in [0, 0.05) is 30.7 Å². The maximum Gasteiger partial charge on any atom is 0.0958 e. The van der Waals surface area contributed by atoms with Crippen molar-refractivity contribution in [3.63, 3.8) is 0 Å². The standard InChI is InChI=1S/C16H20ClN3/c1-11(2)4-5-19-9-13-6-14(17)7-15-16(13)20(10-18-15)8-12(19)3/h4,6-7,10,12H,5,8-9H2,1-3H3/t12-/m0/s1. The molecule has 1 aromatic carbocycles. The summed E-state index contributed by atoms with van der Waals surface area (Å²) in [5, 5.41) is 0.773. The van der Waals surface area contributed by atoms with Crippen LogP contribution >= 0.6 is 11.6 Å². The van der Waals surface area contributed by atoms with Crippen molar-refractivity contribution in [1.82, 2.24) is 14.5 Å². The minimum atomic E-state index is 0.481. The fourth-order valence-electron chi connectivity index (χ4n) is 2.84. The van der Waals surface area contributed by atoms with Gasteiger partial charge in [-0.1, -0.05) is 23.3 Å². The molecule has 0 amide bonds. The van der Waals surface area contributed by atoms with Crippen molar-refractivity contribution in [2.24, 2.45) is 0 Å². The molecule has 0 bridgehead atoms. The SMILES string of the molecule is CC(C)=CCN1Cc2cc(Cl)cc3ncn(c23)C[C@@H]1C. The molecule has 2 aromatic rings. The number of nitrogens with zero attached hydrogens (tertiary/aromatic N) is 3. The maximum absolute atomic E-state index is 6.22. The van der Waals surface area contributed by atoms with E-state index in [1.807, 2.05) is 12.4 Å². The fourth-order valence-corrected chi connectivity index (χ4v) is 3.07. The van der Waals surface area contributed by atoms with Crippen LogP contribution in [0, 0.1) is 0 Å². The number of aromatic nitrogens is 2. The van der Waals surface area contributed by atoms with Gasteiger partial charge in [-0.15, -0.1) is 0 Å². The molecule has 0 radical (unpaired) electrons. The lowest BCUT2D eigenvalue weighted by Crippen LogP contribution is -2.34. The number of benzene rings is 1. The van der Waals surface area contributed by atoms with Crippen LogP contribution in [0.2, 0.25) is 5.02 Å². The molecule has 0 spiro atoms. The summed E-state index contributed by atoms with van der Waals surface area (Å²) in [6, 6.07) is 4.51. The Morgan fingerprint density at radius 2 is 2.25 bits per heavy atom. The van der Waals surface area contributed by atoms with Gasteiger partial charge in [-0.3, -0.25) is 4.90 Å². The van der Waals surface area contributed by atoms with Gasteiger partial charge in [-0.2, -0.15) is 0 Å². The summed E-state index contributed by atoms with van der Waals surface area (Å²) in [4.78, 5) is 6.97. The second kappa shape index (κ2) is 5.23. The highest BCUT2D eigenvalue weighted by Gasteiger charge is 2.22. The van der Waals surface area contributed by atoms with Crippen LogP contribution in [0.4, 0.5) is 0 Å². The molecule has 2 heterocycles. The van der Waals surface area contributed by atoms with Crippen LogP contribution in [-0.2, 0) is 13.1 Å². The Balaban J connectivity index is 2.02. The molecule has 0 fully saturated rings. The van der Waals surface area contributed by atoms with Crippen molar-refractivity contribution in [3.8, 4) is 0 Å². The Kier molecular flexibility index (Phi) is 3.57. The fraction of sp³-hybridized carbons (Fsp3) is 0.438. The molecule has 4 heteroatoms. The van der Waals surface area contributed by atoms with Crippen LogP contribution in [0.1, 0.15) is 26.3 Å². The Bertz CT molecular complexity index is 668. The van der Waals surface area contributed by atoms with E-state index < -0.39 is 0 Å². The zero-order chi connectivity index (χ0) is 14.3. The Morgan fingerprint density at radius 1 is 1.45 bits per heavy atom. The van der Waals surface area contributed by atoms with Gasteiger partial charge in [-0.25, -0.2) is 4.98 Å². The highest BCUT2D eigenvalue weighted by atomic mass is 35.5. The van der Waals surface area contributed by atoms with E-state index in [-0.39, 0.29) is 0 Å². The number of allylic oxidation sites excluding steroid dienone is 1. The molecule has 0 unspecified atom stereocenters. The first-order valence-corrected chi connectivity index (χ1v) is 7.43. The predicted octanol–water partition coefficient (Wildman–Crippen LogP) is 3.86. The number of hydrogen-bond acceptors (Lipinski definition) is 2. The van der Waals surface area contributed by atoms with Gasteiger partial charge in [0.15, 0.2) is 0 Å². The smallest absolute Gasteiger partial charge is 0.0958 e. The molecule has 3 nitrogen and oxygen atoms in total. The number of halogens is 1. The molecule has 20 heavy (non-hydrogen) atoms. The number of rotatable bonds is 2. The second-order valence-electron chi connectivity index (χ2n) is 5.89. The molecule has 1 atom stereocenters. The molecule has 1 aromatic heterocycles. The molecule has 1 aliphatic rings. The third-order valence-electron chi connectivity index (χ3n) is 3.95. The van der Waals surface area contributed by atoms with Crippen molar-refractivity contribution in [3.05, 3.63) is 40.7 Å². The van der Waals surface area contributed by atoms with E-state index in [9.17, 15) is 0 Å². The van der Waals surface area contributed by atoms with Gasteiger partial charge in [0.1, 0.15) is 0 Å². The van der Waals surface area contributed by atoms with E-state index in [1.54, 1.807) is 0 Å². The third kappa shape index (κ3) is 2.48. The summed E-state index contributed by atoms with van der Waals surface area (Å²) in [6.07, 6.45) is 4.22. The van der Waals surface area contributed by atoms with Gasteiger partial charge >= 0.3 is 0 Å². The van der Waals surface area contributed by atoms with E-state index in [0.29, 0.717) is 6.04 Å². The first-order chi connectivity index (χ1) is 9.54. The van der Waals surface area contributed by atoms with Gasteiger partial charge in [0.2, 0.25) is 0 Å². The second-order valence-corrected chi connectivity index (χ2v) is 6.33. The molecule has 106 valence electrons. The monoisotopic (exact) mass is 289 g/mol. The quantitative estimate of drug-likeness (QED) is 0.783. The summed E-state index contributed by atoms with van der Waals surface area (Å²) >= 11 is 6.22. The maximum atomic E-state index is 6.22. The lowest BCUT2D eigenvalue weighted by Gasteiger charge is -2.26. The van der Waals surface area contributed by atoms with Crippen LogP contribution in [0.25, 0.3) is 11.0 Å². The van der Waals surface area contributed by atoms with Crippen LogP contribution in [0.15, 0.2) is 30.1 Å². The molecule has 0 aliphatic carbocycles. The first-order valence-electron chi connectivity index (χ1n) is 7.05. The van der Waals surface area contributed by atoms with Gasteiger partial charge in [-0.05, 0) is 38.5 Å². The largest absolute Gasteiger partial charge is 0.329 e. The predicted molar refractivity (Wildman–Crippen MR) is 84.0 cm³/mol. The topological polar surface area (TPSA) is 21.1 Å². The summed E-state index contributed by atoms with van der Waals surface area (Å²) < 4.78 is 2.26. The lowest BCUT2D eigenvalue weighted by atomic mass is 10.1. The van der Waals surface area contributed by atoms with E-state index in [4.69, 9.17) is 11.6 Å². The van der Waals surface area contributed by atoms with Gasteiger partial charge in [0.05, 0.1) is 17.4 Å². The van der Waals surface area contributed by atoms with E-state index >= 15 is 0 Å². The van der Waals surface area contributed by atoms with E-state index in [2.05, 4.69) is 47.4 Å². The van der Waals surface area contributed by atoms with Gasteiger partial charge in [0.25, 0.3) is 0 Å². The summed E-state index contributed by atoms with van der Waals surface area (Å²) in [6.45, 7) is 9.45. The third-order valence-corrected chi connectivity index (χ3v) is 4.17. The molecule has 0 saturated carbocycles. The number of imidazole rings is 1. The van der Waals surface area contributed by atoms with Crippen molar-refractivity contribution in [2.75, 3.05) is 6.54 Å². The first kappa shape index (κ1) is 13.7. The average molecular weight is 290 g/mol. The Morgan fingerprint density at radius 3 is 3.00 bits per heavy atom. The minimum absolute atomic E-state index is 0.481. The molecule has 0 N–H and O–H groups in total. The minimum Gasteiger partial charge on any atom is -0.329 e. The number of hydrogen-bond donors (Lipinski definition) is 0. The summed E-state index contributed by atoms with van der Waals surface area (Å²) in [5.74, 6) is 0. The molecule has 0 saturated heterocycles. The Hall–Kier alpha value is -1.32. The molecular formula is C16H20ClN3. The van der Waals surface area contributed by atoms with Crippen LogP contribution < -0.4 is 0 Å². The zero-order valence-electron chi connectivity index (χ0n) is 12.2. The Labute approximate surface area is 124 Å². The lowest BCUT2D eigenvalue weighted by molar-refractivity contribution is 0.211. The van der Waals surface area contributed by atoms with Crippen LogP contribution in [-0.4, -0.2) is 27.0 Å². The highest BCUT2D eigenvalue weighted by molar-refractivity contribution is 6.31. The van der Waals surface area contributed by atoms with Crippen LogP contribution in [0.5, 0.6) is 0 Å². The zero-order valence-corrected chi connectivity index (χ0v) is 13.0. The summed E-state index contributed by atoms with van der Waals surface area (Å²) in [5.41, 5.74) is 4.88. The van der Waals surface area contributed by atoms with Crippen LogP contribution in [0.3, 0.4) is 0 Å².